The summed E-state index contributed by atoms with van der Waals surface area (Å²) in [7, 11) is 1.83. The summed E-state index contributed by atoms with van der Waals surface area (Å²) in [4.78, 5) is 0. The van der Waals surface area contributed by atoms with E-state index >= 15 is 0 Å². The fourth-order valence-corrected chi connectivity index (χ4v) is 2.37. The molecule has 1 aliphatic carbocycles. The van der Waals surface area contributed by atoms with Gasteiger partial charge < -0.3 is 5.32 Å². The molecule has 1 saturated carbocycles. The molecule has 0 aliphatic heterocycles. The fourth-order valence-electron chi connectivity index (χ4n) is 2.37. The van der Waals surface area contributed by atoms with Crippen molar-refractivity contribution >= 4 is 0 Å². The van der Waals surface area contributed by atoms with Gasteiger partial charge in [-0.15, -0.1) is 0 Å². The van der Waals surface area contributed by atoms with Crippen LogP contribution in [-0.4, -0.2) is 19.3 Å². The summed E-state index contributed by atoms with van der Waals surface area (Å²) in [6.45, 7) is 2.25. The highest BCUT2D eigenvalue weighted by atomic mass is 19.1. The normalized spacial score (nSPS) is 25.2. The van der Waals surface area contributed by atoms with E-state index in [4.69, 9.17) is 0 Å². The van der Waals surface area contributed by atoms with Gasteiger partial charge in [0, 0.05) is 6.54 Å². The molecule has 0 aromatic rings. The molecule has 1 aliphatic rings. The lowest BCUT2D eigenvalue weighted by atomic mass is 9.85. The van der Waals surface area contributed by atoms with Crippen molar-refractivity contribution in [3.8, 4) is 0 Å². The van der Waals surface area contributed by atoms with Crippen LogP contribution in [0.15, 0.2) is 0 Å². The van der Waals surface area contributed by atoms with Crippen molar-refractivity contribution in [2.75, 3.05) is 13.6 Å². The van der Waals surface area contributed by atoms with Gasteiger partial charge in [-0.3, -0.25) is 0 Å². The van der Waals surface area contributed by atoms with Gasteiger partial charge in [0.15, 0.2) is 0 Å². The highest BCUT2D eigenvalue weighted by molar-refractivity contribution is 4.85. The molecule has 1 unspecified atom stereocenters. The van der Waals surface area contributed by atoms with Gasteiger partial charge in [0.1, 0.15) is 5.67 Å². The number of rotatable bonds is 3. The van der Waals surface area contributed by atoms with Gasteiger partial charge >= 0.3 is 0 Å². The van der Waals surface area contributed by atoms with Crippen molar-refractivity contribution in [2.45, 2.75) is 51.1 Å². The molecule has 13 heavy (non-hydrogen) atoms. The zero-order valence-electron chi connectivity index (χ0n) is 8.91. The molecule has 0 amide bonds. The van der Waals surface area contributed by atoms with Crippen LogP contribution in [0, 0.1) is 5.92 Å². The van der Waals surface area contributed by atoms with E-state index in [1.54, 1.807) is 6.92 Å². The topological polar surface area (TPSA) is 12.0 Å². The van der Waals surface area contributed by atoms with Crippen LogP contribution in [0.25, 0.3) is 0 Å². The second-order valence-corrected chi connectivity index (χ2v) is 4.50. The van der Waals surface area contributed by atoms with Crippen LogP contribution >= 0.6 is 0 Å². The summed E-state index contributed by atoms with van der Waals surface area (Å²) < 4.78 is 14.1. The molecule has 0 heterocycles. The zero-order valence-corrected chi connectivity index (χ0v) is 8.91. The SMILES string of the molecule is CNCC(C)(F)C1CCCCCC1. The van der Waals surface area contributed by atoms with E-state index in [0.717, 1.165) is 12.8 Å². The maximum absolute atomic E-state index is 14.1. The Bertz CT molecular complexity index is 137. The van der Waals surface area contributed by atoms with Crippen molar-refractivity contribution in [1.82, 2.24) is 5.32 Å². The van der Waals surface area contributed by atoms with Gasteiger partial charge in [-0.1, -0.05) is 25.7 Å². The molecule has 0 spiro atoms. The number of alkyl halides is 1. The van der Waals surface area contributed by atoms with Gasteiger partial charge in [-0.2, -0.15) is 0 Å². The first-order valence-corrected chi connectivity index (χ1v) is 5.50. The molecule has 78 valence electrons. The lowest BCUT2D eigenvalue weighted by molar-refractivity contribution is 0.0917. The summed E-state index contributed by atoms with van der Waals surface area (Å²) >= 11 is 0. The molecule has 0 aromatic carbocycles. The maximum Gasteiger partial charge on any atom is 0.123 e. The molecule has 1 nitrogen and oxygen atoms in total. The Hall–Kier alpha value is -0.110. The largest absolute Gasteiger partial charge is 0.317 e. The van der Waals surface area contributed by atoms with E-state index in [1.807, 2.05) is 7.05 Å². The molecule has 1 fully saturated rings. The number of halogens is 1. The van der Waals surface area contributed by atoms with E-state index in [2.05, 4.69) is 5.32 Å². The maximum atomic E-state index is 14.1. The minimum Gasteiger partial charge on any atom is -0.317 e. The Morgan fingerprint density at radius 2 is 1.77 bits per heavy atom. The van der Waals surface area contributed by atoms with Crippen molar-refractivity contribution in [2.24, 2.45) is 5.92 Å². The first kappa shape index (κ1) is 11.0. The number of hydrogen-bond acceptors (Lipinski definition) is 1. The Labute approximate surface area is 81.1 Å². The molecule has 1 rings (SSSR count). The Morgan fingerprint density at radius 3 is 2.23 bits per heavy atom. The second kappa shape index (κ2) is 4.94. The van der Waals surface area contributed by atoms with Crippen LogP contribution in [0.3, 0.4) is 0 Å². The Balaban J connectivity index is 2.46. The Kier molecular flexibility index (Phi) is 4.17. The third-order valence-electron chi connectivity index (χ3n) is 3.23. The van der Waals surface area contributed by atoms with Gasteiger partial charge in [0.25, 0.3) is 0 Å². The first-order valence-electron chi connectivity index (χ1n) is 5.50. The highest BCUT2D eigenvalue weighted by Gasteiger charge is 2.33. The third-order valence-corrected chi connectivity index (χ3v) is 3.23. The van der Waals surface area contributed by atoms with E-state index in [-0.39, 0.29) is 5.92 Å². The summed E-state index contributed by atoms with van der Waals surface area (Å²) in [5.74, 6) is 0.280. The summed E-state index contributed by atoms with van der Waals surface area (Å²) in [5, 5.41) is 2.95. The fraction of sp³-hybridized carbons (Fsp3) is 1.00. The van der Waals surface area contributed by atoms with Crippen molar-refractivity contribution in [3.63, 3.8) is 0 Å². The quantitative estimate of drug-likeness (QED) is 0.670. The molecule has 0 radical (unpaired) electrons. The predicted molar refractivity (Wildman–Crippen MR) is 54.6 cm³/mol. The Morgan fingerprint density at radius 1 is 1.23 bits per heavy atom. The monoisotopic (exact) mass is 187 g/mol. The van der Waals surface area contributed by atoms with Crippen LogP contribution < -0.4 is 5.32 Å². The summed E-state index contributed by atoms with van der Waals surface area (Å²) in [6, 6.07) is 0. The molecular weight excluding hydrogens is 165 g/mol. The van der Waals surface area contributed by atoms with E-state index in [1.165, 1.54) is 25.7 Å². The lowest BCUT2D eigenvalue weighted by Crippen LogP contribution is -2.39. The standard InChI is InChI=1S/C11H22FN/c1-11(12,9-13-2)10-7-5-3-4-6-8-10/h10,13H,3-9H2,1-2H3. The molecule has 0 saturated heterocycles. The van der Waals surface area contributed by atoms with Crippen molar-refractivity contribution in [1.29, 1.82) is 0 Å². The van der Waals surface area contributed by atoms with Crippen LogP contribution in [-0.2, 0) is 0 Å². The zero-order chi connectivity index (χ0) is 9.73. The van der Waals surface area contributed by atoms with E-state index < -0.39 is 5.67 Å². The van der Waals surface area contributed by atoms with Crippen molar-refractivity contribution < 1.29 is 4.39 Å². The molecule has 2 heteroatoms. The highest BCUT2D eigenvalue weighted by Crippen LogP contribution is 2.33. The predicted octanol–water partition coefficient (Wildman–Crippen LogP) is 2.90. The van der Waals surface area contributed by atoms with E-state index in [9.17, 15) is 4.39 Å². The summed E-state index contributed by atoms with van der Waals surface area (Å²) in [5.41, 5.74) is -1.00. The molecular formula is C11H22FN. The molecule has 0 bridgehead atoms. The van der Waals surface area contributed by atoms with Crippen molar-refractivity contribution in [3.05, 3.63) is 0 Å². The summed E-state index contributed by atoms with van der Waals surface area (Å²) in [6.07, 6.45) is 7.18. The molecule has 0 aromatic heterocycles. The average molecular weight is 187 g/mol. The third kappa shape index (κ3) is 3.26. The number of nitrogens with one attached hydrogen (secondary N) is 1. The number of hydrogen-bond donors (Lipinski definition) is 1. The molecule has 1 N–H and O–H groups in total. The van der Waals surface area contributed by atoms with Crippen LogP contribution in [0.5, 0.6) is 0 Å². The van der Waals surface area contributed by atoms with Gasteiger partial charge in [-0.05, 0) is 32.7 Å². The molecule has 1 atom stereocenters. The van der Waals surface area contributed by atoms with Crippen LogP contribution in [0.2, 0.25) is 0 Å². The minimum atomic E-state index is -1.00. The average Bonchev–Trinajstić information content (AvgIpc) is 2.31. The lowest BCUT2D eigenvalue weighted by Gasteiger charge is -2.29. The smallest absolute Gasteiger partial charge is 0.123 e. The second-order valence-electron chi connectivity index (χ2n) is 4.50. The van der Waals surface area contributed by atoms with Gasteiger partial charge in [0.05, 0.1) is 0 Å². The van der Waals surface area contributed by atoms with Gasteiger partial charge in [0.2, 0.25) is 0 Å². The van der Waals surface area contributed by atoms with Crippen LogP contribution in [0.1, 0.15) is 45.4 Å². The minimum absolute atomic E-state index is 0.280. The van der Waals surface area contributed by atoms with E-state index in [0.29, 0.717) is 6.54 Å². The van der Waals surface area contributed by atoms with Gasteiger partial charge in [-0.25, -0.2) is 4.39 Å². The van der Waals surface area contributed by atoms with Crippen LogP contribution in [0.4, 0.5) is 4.39 Å². The first-order chi connectivity index (χ1) is 6.17.